The summed E-state index contributed by atoms with van der Waals surface area (Å²) in [6, 6.07) is 14.5. The van der Waals surface area contributed by atoms with Crippen molar-refractivity contribution in [2.24, 2.45) is 0 Å². The highest BCUT2D eigenvalue weighted by Gasteiger charge is 2.23. The Morgan fingerprint density at radius 2 is 1.95 bits per heavy atom. The summed E-state index contributed by atoms with van der Waals surface area (Å²) in [6.45, 7) is 2.90. The third kappa shape index (κ3) is 2.93. The van der Waals surface area contributed by atoms with Crippen LogP contribution >= 0.6 is 0 Å². The van der Waals surface area contributed by atoms with E-state index in [-0.39, 0.29) is 12.0 Å². The van der Waals surface area contributed by atoms with Gasteiger partial charge in [-0.05, 0) is 48.9 Å². The first kappa shape index (κ1) is 14.1. The predicted molar refractivity (Wildman–Crippen MR) is 84.3 cm³/mol. The Hall–Kier alpha value is -2.82. The van der Waals surface area contributed by atoms with Gasteiger partial charge in [-0.3, -0.25) is 9.69 Å². The number of benzene rings is 2. The Morgan fingerprint density at radius 1 is 1.18 bits per heavy atom. The predicted octanol–water partition coefficient (Wildman–Crippen LogP) is 3.20. The van der Waals surface area contributed by atoms with E-state index in [1.807, 2.05) is 31.2 Å². The number of amides is 2. The van der Waals surface area contributed by atoms with Gasteiger partial charge in [0.15, 0.2) is 0 Å². The van der Waals surface area contributed by atoms with E-state index in [0.29, 0.717) is 18.7 Å². The lowest BCUT2D eigenvalue weighted by atomic mass is 10.1. The molecule has 1 heterocycles. The molecule has 1 saturated heterocycles. The van der Waals surface area contributed by atoms with E-state index in [2.05, 4.69) is 5.32 Å². The number of carbonyl (C=O) groups excluding carboxylic acids is 2. The number of aryl methyl sites for hydroxylation is 1. The molecule has 5 heteroatoms. The van der Waals surface area contributed by atoms with E-state index in [0.717, 1.165) is 16.9 Å². The number of nitrogens with zero attached hydrogens (tertiary/aromatic N) is 1. The molecule has 0 bridgehead atoms. The third-order valence-corrected chi connectivity index (χ3v) is 3.48. The maximum Gasteiger partial charge on any atom is 0.414 e. The first-order valence-corrected chi connectivity index (χ1v) is 7.06. The molecule has 0 radical (unpaired) electrons. The van der Waals surface area contributed by atoms with Crippen LogP contribution in [-0.2, 0) is 4.74 Å². The standard InChI is InChI=1S/C17H16N2O3/c1-12-3-2-4-14(11-12)18-16(20)13-5-7-15(8-6-13)19-9-10-22-17(19)21/h2-8,11H,9-10H2,1H3,(H,18,20). The Morgan fingerprint density at radius 3 is 2.59 bits per heavy atom. The zero-order valence-corrected chi connectivity index (χ0v) is 12.2. The SMILES string of the molecule is Cc1cccc(NC(=O)c2ccc(N3CCOC3=O)cc2)c1. The fourth-order valence-corrected chi connectivity index (χ4v) is 2.35. The first-order chi connectivity index (χ1) is 10.6. The minimum absolute atomic E-state index is 0.179. The molecule has 0 atom stereocenters. The molecule has 22 heavy (non-hydrogen) atoms. The number of carbonyl (C=O) groups is 2. The molecule has 1 aliphatic rings. The molecule has 0 saturated carbocycles. The van der Waals surface area contributed by atoms with Crippen LogP contribution in [0.4, 0.5) is 16.2 Å². The Balaban J connectivity index is 1.72. The van der Waals surface area contributed by atoms with Crippen molar-refractivity contribution in [1.29, 1.82) is 0 Å². The molecule has 1 N–H and O–H groups in total. The average Bonchev–Trinajstić information content (AvgIpc) is 2.93. The quantitative estimate of drug-likeness (QED) is 0.946. The van der Waals surface area contributed by atoms with Gasteiger partial charge in [-0.1, -0.05) is 12.1 Å². The van der Waals surface area contributed by atoms with Gasteiger partial charge < -0.3 is 10.1 Å². The van der Waals surface area contributed by atoms with E-state index >= 15 is 0 Å². The van der Waals surface area contributed by atoms with E-state index in [9.17, 15) is 9.59 Å². The molecule has 1 aliphatic heterocycles. The number of hydrogen-bond donors (Lipinski definition) is 1. The normalized spacial score (nSPS) is 13.9. The monoisotopic (exact) mass is 296 g/mol. The number of anilines is 2. The first-order valence-electron chi connectivity index (χ1n) is 7.06. The maximum absolute atomic E-state index is 12.2. The number of nitrogens with one attached hydrogen (secondary N) is 1. The lowest BCUT2D eigenvalue weighted by Crippen LogP contribution is -2.23. The van der Waals surface area contributed by atoms with Crippen LogP contribution in [0.3, 0.4) is 0 Å². The molecule has 0 aromatic heterocycles. The van der Waals surface area contributed by atoms with Crippen LogP contribution in [0.5, 0.6) is 0 Å². The smallest absolute Gasteiger partial charge is 0.414 e. The Bertz CT molecular complexity index is 710. The maximum atomic E-state index is 12.2. The molecule has 0 aliphatic carbocycles. The second-order valence-electron chi connectivity index (χ2n) is 5.14. The highest BCUT2D eigenvalue weighted by atomic mass is 16.6. The number of rotatable bonds is 3. The lowest BCUT2D eigenvalue weighted by molar-refractivity contribution is 0.102. The van der Waals surface area contributed by atoms with Crippen LogP contribution < -0.4 is 10.2 Å². The van der Waals surface area contributed by atoms with Gasteiger partial charge >= 0.3 is 6.09 Å². The van der Waals surface area contributed by atoms with Crippen LogP contribution in [0.15, 0.2) is 48.5 Å². The summed E-state index contributed by atoms with van der Waals surface area (Å²) in [7, 11) is 0. The van der Waals surface area contributed by atoms with Crippen LogP contribution in [0.25, 0.3) is 0 Å². The summed E-state index contributed by atoms with van der Waals surface area (Å²) in [5, 5.41) is 2.85. The van der Waals surface area contributed by atoms with Gasteiger partial charge in [0.2, 0.25) is 0 Å². The third-order valence-electron chi connectivity index (χ3n) is 3.48. The summed E-state index contributed by atoms with van der Waals surface area (Å²) in [5.41, 5.74) is 3.12. The molecule has 112 valence electrons. The van der Waals surface area contributed by atoms with Crippen molar-refractivity contribution in [3.63, 3.8) is 0 Å². The molecule has 2 amide bonds. The zero-order valence-electron chi connectivity index (χ0n) is 12.2. The summed E-state index contributed by atoms with van der Waals surface area (Å²) in [5.74, 6) is -0.179. The molecular formula is C17H16N2O3. The highest BCUT2D eigenvalue weighted by Crippen LogP contribution is 2.20. The minimum Gasteiger partial charge on any atom is -0.447 e. The molecular weight excluding hydrogens is 280 g/mol. The molecule has 3 rings (SSSR count). The van der Waals surface area contributed by atoms with Crippen molar-refractivity contribution in [2.75, 3.05) is 23.4 Å². The zero-order chi connectivity index (χ0) is 15.5. The van der Waals surface area contributed by atoms with Crippen LogP contribution in [0, 0.1) is 6.92 Å². The van der Waals surface area contributed by atoms with Crippen LogP contribution in [0.1, 0.15) is 15.9 Å². The highest BCUT2D eigenvalue weighted by molar-refractivity contribution is 6.04. The second-order valence-corrected chi connectivity index (χ2v) is 5.14. The number of cyclic esters (lactones) is 1. The molecule has 0 spiro atoms. The van der Waals surface area contributed by atoms with Gasteiger partial charge in [-0.25, -0.2) is 4.79 Å². The number of ether oxygens (including phenoxy) is 1. The molecule has 2 aromatic carbocycles. The van der Waals surface area contributed by atoms with Crippen LogP contribution in [-0.4, -0.2) is 25.2 Å². The molecule has 5 nitrogen and oxygen atoms in total. The van der Waals surface area contributed by atoms with Crippen LogP contribution in [0.2, 0.25) is 0 Å². The molecule has 2 aromatic rings. The van der Waals surface area contributed by atoms with Gasteiger partial charge in [0.1, 0.15) is 6.61 Å². The molecule has 0 unspecified atom stereocenters. The summed E-state index contributed by atoms with van der Waals surface area (Å²) >= 11 is 0. The fourth-order valence-electron chi connectivity index (χ4n) is 2.35. The van der Waals surface area contributed by atoms with Gasteiger partial charge in [0.25, 0.3) is 5.91 Å². The van der Waals surface area contributed by atoms with E-state index in [1.54, 1.807) is 29.2 Å². The van der Waals surface area contributed by atoms with E-state index < -0.39 is 0 Å². The van der Waals surface area contributed by atoms with Crippen molar-refractivity contribution < 1.29 is 14.3 Å². The van der Waals surface area contributed by atoms with Gasteiger partial charge in [0.05, 0.1) is 6.54 Å². The Kier molecular flexibility index (Phi) is 3.78. The largest absolute Gasteiger partial charge is 0.447 e. The molecule has 1 fully saturated rings. The lowest BCUT2D eigenvalue weighted by Gasteiger charge is -2.13. The minimum atomic E-state index is -0.350. The van der Waals surface area contributed by atoms with Crippen molar-refractivity contribution in [2.45, 2.75) is 6.92 Å². The van der Waals surface area contributed by atoms with Gasteiger partial charge in [0, 0.05) is 16.9 Å². The van der Waals surface area contributed by atoms with Crippen molar-refractivity contribution in [1.82, 2.24) is 0 Å². The average molecular weight is 296 g/mol. The summed E-state index contributed by atoms with van der Waals surface area (Å²) in [6.07, 6.45) is -0.350. The van der Waals surface area contributed by atoms with Gasteiger partial charge in [-0.15, -0.1) is 0 Å². The topological polar surface area (TPSA) is 58.6 Å². The number of hydrogen-bond acceptors (Lipinski definition) is 3. The van der Waals surface area contributed by atoms with Crippen molar-refractivity contribution in [3.05, 3.63) is 59.7 Å². The Labute approximate surface area is 128 Å². The van der Waals surface area contributed by atoms with Crippen molar-refractivity contribution in [3.8, 4) is 0 Å². The van der Waals surface area contributed by atoms with E-state index in [1.165, 1.54) is 0 Å². The van der Waals surface area contributed by atoms with Gasteiger partial charge in [-0.2, -0.15) is 0 Å². The fraction of sp³-hybridized carbons (Fsp3) is 0.176. The second kappa shape index (κ2) is 5.89. The summed E-state index contributed by atoms with van der Waals surface area (Å²) < 4.78 is 4.90. The van der Waals surface area contributed by atoms with Crippen molar-refractivity contribution >= 4 is 23.4 Å². The van der Waals surface area contributed by atoms with E-state index in [4.69, 9.17) is 4.74 Å². The summed E-state index contributed by atoms with van der Waals surface area (Å²) in [4.78, 5) is 25.2.